The van der Waals surface area contributed by atoms with Gasteiger partial charge in [0.25, 0.3) is 0 Å². The summed E-state index contributed by atoms with van der Waals surface area (Å²) in [5, 5.41) is 6.69. The highest BCUT2D eigenvalue weighted by molar-refractivity contribution is 7.09. The van der Waals surface area contributed by atoms with Gasteiger partial charge in [-0.05, 0) is 31.5 Å². The van der Waals surface area contributed by atoms with Crippen molar-refractivity contribution >= 4 is 11.3 Å². The number of hydrogen-bond donors (Lipinski definition) is 1. The smallest absolute Gasteiger partial charge is 0.0897 e. The second-order valence-corrected chi connectivity index (χ2v) is 5.56. The molecule has 96 valence electrons. The molecule has 0 amide bonds. The number of benzene rings is 1. The van der Waals surface area contributed by atoms with Gasteiger partial charge in [0, 0.05) is 17.8 Å². The summed E-state index contributed by atoms with van der Waals surface area (Å²) in [6.45, 7) is 4.25. The first-order chi connectivity index (χ1) is 8.72. The maximum atomic E-state index is 4.55. The zero-order chi connectivity index (χ0) is 13.0. The Hall–Kier alpha value is -1.19. The lowest BCUT2D eigenvalue weighted by Crippen LogP contribution is -2.19. The first-order valence-corrected chi connectivity index (χ1v) is 7.28. The minimum Gasteiger partial charge on any atom is -0.313 e. The molecule has 1 aromatic carbocycles. The maximum Gasteiger partial charge on any atom is 0.0897 e. The minimum absolute atomic E-state index is 0.345. The highest BCUT2D eigenvalue weighted by atomic mass is 32.1. The van der Waals surface area contributed by atoms with E-state index in [-0.39, 0.29) is 0 Å². The number of hydrogen-bond acceptors (Lipinski definition) is 3. The summed E-state index contributed by atoms with van der Waals surface area (Å²) in [6.07, 6.45) is 2.04. The van der Waals surface area contributed by atoms with Crippen molar-refractivity contribution in [3.8, 4) is 0 Å². The van der Waals surface area contributed by atoms with Gasteiger partial charge in [0.1, 0.15) is 0 Å². The highest BCUT2D eigenvalue weighted by Gasteiger charge is 2.12. The molecule has 0 aliphatic carbocycles. The van der Waals surface area contributed by atoms with Crippen molar-refractivity contribution in [2.75, 3.05) is 7.05 Å². The molecule has 1 heterocycles. The van der Waals surface area contributed by atoms with E-state index in [0.29, 0.717) is 6.04 Å². The first kappa shape index (κ1) is 13.2. The van der Waals surface area contributed by atoms with Crippen molar-refractivity contribution < 1.29 is 0 Å². The number of nitrogens with zero attached hydrogens (tertiary/aromatic N) is 1. The summed E-state index contributed by atoms with van der Waals surface area (Å²) in [7, 11) is 2.02. The van der Waals surface area contributed by atoms with Gasteiger partial charge in [0.2, 0.25) is 0 Å². The Morgan fingerprint density at radius 1 is 1.39 bits per heavy atom. The predicted octanol–water partition coefficient (Wildman–Crippen LogP) is 3.52. The lowest BCUT2D eigenvalue weighted by Gasteiger charge is -2.16. The van der Waals surface area contributed by atoms with Gasteiger partial charge in [0.05, 0.1) is 10.7 Å². The Morgan fingerprint density at radius 2 is 2.22 bits per heavy atom. The molecule has 0 aliphatic rings. The Bertz CT molecular complexity index is 505. The monoisotopic (exact) mass is 260 g/mol. The summed E-state index contributed by atoms with van der Waals surface area (Å²) in [6, 6.07) is 9.16. The average Bonchev–Trinajstić information content (AvgIpc) is 2.81. The zero-order valence-corrected chi connectivity index (χ0v) is 12.1. The third kappa shape index (κ3) is 3.18. The molecule has 0 saturated heterocycles. The van der Waals surface area contributed by atoms with E-state index >= 15 is 0 Å². The molecule has 1 N–H and O–H groups in total. The van der Waals surface area contributed by atoms with Crippen LogP contribution in [0.3, 0.4) is 0 Å². The summed E-state index contributed by atoms with van der Waals surface area (Å²) in [4.78, 5) is 4.55. The molecule has 0 fully saturated rings. The van der Waals surface area contributed by atoms with E-state index < -0.39 is 0 Å². The van der Waals surface area contributed by atoms with Crippen LogP contribution in [-0.4, -0.2) is 12.0 Å². The molecule has 0 bridgehead atoms. The van der Waals surface area contributed by atoms with E-state index in [4.69, 9.17) is 0 Å². The molecule has 0 aliphatic heterocycles. The van der Waals surface area contributed by atoms with Crippen LogP contribution in [0.4, 0.5) is 0 Å². The number of aromatic nitrogens is 1. The standard InChI is InChI=1S/C15H20N2S/c1-4-12-6-5-7-13(8-12)15(16-3)9-14-10-18-11(2)17-14/h5-8,10,15-16H,4,9H2,1-3H3. The molecular formula is C15H20N2S. The van der Waals surface area contributed by atoms with E-state index in [9.17, 15) is 0 Å². The van der Waals surface area contributed by atoms with Crippen molar-refractivity contribution in [2.45, 2.75) is 32.7 Å². The highest BCUT2D eigenvalue weighted by Crippen LogP contribution is 2.20. The number of nitrogens with one attached hydrogen (secondary N) is 1. The van der Waals surface area contributed by atoms with Crippen LogP contribution in [0.15, 0.2) is 29.6 Å². The van der Waals surface area contributed by atoms with Crippen LogP contribution in [0.2, 0.25) is 0 Å². The number of likely N-dealkylation sites (N-methyl/N-ethyl adjacent to an activating group) is 1. The summed E-state index contributed by atoms with van der Waals surface area (Å²) >= 11 is 1.72. The van der Waals surface area contributed by atoms with E-state index in [2.05, 4.69) is 53.8 Å². The van der Waals surface area contributed by atoms with Crippen molar-refractivity contribution in [3.05, 3.63) is 51.5 Å². The molecule has 3 heteroatoms. The third-order valence-corrected chi connectivity index (χ3v) is 4.01. The van der Waals surface area contributed by atoms with Crippen LogP contribution < -0.4 is 5.32 Å². The molecular weight excluding hydrogens is 240 g/mol. The normalized spacial score (nSPS) is 12.6. The molecule has 1 aromatic heterocycles. The quantitative estimate of drug-likeness (QED) is 0.889. The van der Waals surface area contributed by atoms with Crippen LogP contribution >= 0.6 is 11.3 Å². The van der Waals surface area contributed by atoms with E-state index in [1.165, 1.54) is 16.8 Å². The summed E-state index contributed by atoms with van der Waals surface area (Å²) in [5.41, 5.74) is 3.92. The van der Waals surface area contributed by atoms with E-state index in [0.717, 1.165) is 17.8 Å². The Morgan fingerprint density at radius 3 is 2.83 bits per heavy atom. The van der Waals surface area contributed by atoms with Crippen LogP contribution in [0.25, 0.3) is 0 Å². The van der Waals surface area contributed by atoms with Crippen LogP contribution in [0, 0.1) is 6.92 Å². The van der Waals surface area contributed by atoms with Crippen molar-refractivity contribution in [1.29, 1.82) is 0 Å². The fraction of sp³-hybridized carbons (Fsp3) is 0.400. The zero-order valence-electron chi connectivity index (χ0n) is 11.2. The van der Waals surface area contributed by atoms with Crippen LogP contribution in [0.1, 0.15) is 34.8 Å². The Balaban J connectivity index is 2.17. The van der Waals surface area contributed by atoms with Crippen molar-refractivity contribution in [1.82, 2.24) is 10.3 Å². The third-order valence-electron chi connectivity index (χ3n) is 3.19. The molecule has 2 nitrogen and oxygen atoms in total. The SMILES string of the molecule is CCc1cccc(C(Cc2csc(C)n2)NC)c1. The molecule has 0 spiro atoms. The van der Waals surface area contributed by atoms with Crippen LogP contribution in [-0.2, 0) is 12.8 Å². The van der Waals surface area contributed by atoms with E-state index in [1.54, 1.807) is 11.3 Å². The first-order valence-electron chi connectivity index (χ1n) is 6.40. The number of thiazole rings is 1. The van der Waals surface area contributed by atoms with Gasteiger partial charge in [-0.1, -0.05) is 31.2 Å². The van der Waals surface area contributed by atoms with Gasteiger partial charge in [-0.2, -0.15) is 0 Å². The topological polar surface area (TPSA) is 24.9 Å². The second-order valence-electron chi connectivity index (χ2n) is 4.50. The van der Waals surface area contributed by atoms with Gasteiger partial charge in [-0.15, -0.1) is 11.3 Å². The minimum atomic E-state index is 0.345. The lowest BCUT2D eigenvalue weighted by molar-refractivity contribution is 0.585. The maximum absolute atomic E-state index is 4.55. The predicted molar refractivity (Wildman–Crippen MR) is 78.2 cm³/mol. The van der Waals surface area contributed by atoms with Crippen LogP contribution in [0.5, 0.6) is 0 Å². The van der Waals surface area contributed by atoms with Gasteiger partial charge in [-0.3, -0.25) is 0 Å². The van der Waals surface area contributed by atoms with Gasteiger partial charge >= 0.3 is 0 Å². The average molecular weight is 260 g/mol. The fourth-order valence-corrected chi connectivity index (χ4v) is 2.75. The fourth-order valence-electron chi connectivity index (χ4n) is 2.13. The Labute approximate surface area is 113 Å². The summed E-state index contributed by atoms with van der Waals surface area (Å²) < 4.78 is 0. The molecule has 1 atom stereocenters. The Kier molecular flexibility index (Phi) is 4.50. The van der Waals surface area contributed by atoms with Crippen molar-refractivity contribution in [2.24, 2.45) is 0 Å². The van der Waals surface area contributed by atoms with Gasteiger partial charge < -0.3 is 5.32 Å². The van der Waals surface area contributed by atoms with Gasteiger partial charge in [-0.25, -0.2) is 4.98 Å². The molecule has 2 rings (SSSR count). The van der Waals surface area contributed by atoms with Gasteiger partial charge in [0.15, 0.2) is 0 Å². The molecule has 0 saturated carbocycles. The largest absolute Gasteiger partial charge is 0.313 e. The second kappa shape index (κ2) is 6.12. The van der Waals surface area contributed by atoms with Crippen molar-refractivity contribution in [3.63, 3.8) is 0 Å². The number of rotatable bonds is 5. The summed E-state index contributed by atoms with van der Waals surface area (Å²) in [5.74, 6) is 0. The molecule has 1 unspecified atom stereocenters. The lowest BCUT2D eigenvalue weighted by atomic mass is 9.99. The molecule has 2 aromatic rings. The number of aryl methyl sites for hydroxylation is 2. The molecule has 18 heavy (non-hydrogen) atoms. The molecule has 0 radical (unpaired) electrons. The van der Waals surface area contributed by atoms with E-state index in [1.807, 2.05) is 7.05 Å².